The van der Waals surface area contributed by atoms with Gasteiger partial charge in [0.15, 0.2) is 11.8 Å². The highest BCUT2D eigenvalue weighted by Gasteiger charge is 2.16. The summed E-state index contributed by atoms with van der Waals surface area (Å²) in [5.41, 5.74) is 3.15. The lowest BCUT2D eigenvalue weighted by molar-refractivity contribution is -0.124. The molecule has 7 heteroatoms. The van der Waals surface area contributed by atoms with E-state index in [4.69, 9.17) is 4.74 Å². The first kappa shape index (κ1) is 18.1. The van der Waals surface area contributed by atoms with Gasteiger partial charge in [0.05, 0.1) is 5.52 Å². The summed E-state index contributed by atoms with van der Waals surface area (Å²) in [7, 11) is 0. The number of nitrogens with one attached hydrogen (secondary N) is 1. The standard InChI is InChI=1S/C19H18BrN3O3/c1-10-4-6-14(8-11(10)2)26-12(3)18(24)23-22-17-15-9-13(20)5-7-16(15)21-19(17)25/h4-9,12,21,25H,1-3H3. The Labute approximate surface area is 159 Å². The minimum Gasteiger partial charge on any atom is -0.493 e. The highest BCUT2D eigenvalue weighted by Crippen LogP contribution is 2.36. The average Bonchev–Trinajstić information content (AvgIpc) is 2.90. The molecule has 0 fully saturated rings. The van der Waals surface area contributed by atoms with E-state index in [1.807, 2.05) is 38.1 Å². The second kappa shape index (κ2) is 7.29. The van der Waals surface area contributed by atoms with Crippen molar-refractivity contribution in [1.29, 1.82) is 0 Å². The number of benzene rings is 2. The molecule has 1 atom stereocenters. The van der Waals surface area contributed by atoms with Crippen molar-refractivity contribution in [2.75, 3.05) is 0 Å². The summed E-state index contributed by atoms with van der Waals surface area (Å²) < 4.78 is 6.47. The van der Waals surface area contributed by atoms with Gasteiger partial charge in [0.25, 0.3) is 0 Å². The number of amides is 1. The molecule has 0 aliphatic heterocycles. The molecule has 0 aliphatic carbocycles. The molecule has 134 valence electrons. The Morgan fingerprint density at radius 3 is 2.69 bits per heavy atom. The fourth-order valence-electron chi connectivity index (χ4n) is 2.46. The third-order valence-electron chi connectivity index (χ3n) is 4.10. The maximum Gasteiger partial charge on any atom is 0.304 e. The number of aryl methyl sites for hydroxylation is 2. The third kappa shape index (κ3) is 3.77. The van der Waals surface area contributed by atoms with Gasteiger partial charge in [0.2, 0.25) is 5.88 Å². The number of hydrogen-bond donors (Lipinski definition) is 2. The van der Waals surface area contributed by atoms with Crippen molar-refractivity contribution in [3.8, 4) is 11.6 Å². The van der Waals surface area contributed by atoms with Crippen molar-refractivity contribution in [3.63, 3.8) is 0 Å². The van der Waals surface area contributed by atoms with Crippen LogP contribution in [0.15, 0.2) is 51.1 Å². The number of fused-ring (bicyclic) bond motifs is 1. The van der Waals surface area contributed by atoms with Crippen LogP contribution in [-0.4, -0.2) is 22.1 Å². The van der Waals surface area contributed by atoms with Gasteiger partial charge in [-0.25, -0.2) is 0 Å². The second-order valence-electron chi connectivity index (χ2n) is 6.06. The molecule has 0 spiro atoms. The molecular weight excluding hydrogens is 398 g/mol. The first-order chi connectivity index (χ1) is 12.3. The molecule has 0 aliphatic rings. The zero-order valence-electron chi connectivity index (χ0n) is 14.6. The minimum atomic E-state index is -0.792. The van der Waals surface area contributed by atoms with Crippen molar-refractivity contribution < 1.29 is 14.6 Å². The average molecular weight is 416 g/mol. The van der Waals surface area contributed by atoms with E-state index in [0.717, 1.165) is 15.6 Å². The van der Waals surface area contributed by atoms with Crippen LogP contribution in [0.25, 0.3) is 10.9 Å². The Balaban J connectivity index is 1.77. The van der Waals surface area contributed by atoms with Gasteiger partial charge in [-0.3, -0.25) is 4.79 Å². The molecule has 1 aromatic heterocycles. The number of halogens is 1. The van der Waals surface area contributed by atoms with Crippen molar-refractivity contribution in [3.05, 3.63) is 52.0 Å². The highest BCUT2D eigenvalue weighted by molar-refractivity contribution is 9.10. The smallest absolute Gasteiger partial charge is 0.304 e. The lowest BCUT2D eigenvalue weighted by Crippen LogP contribution is -2.21. The number of H-pyrrole nitrogens is 1. The van der Waals surface area contributed by atoms with Crippen molar-refractivity contribution in [2.45, 2.75) is 26.9 Å². The molecule has 0 bridgehead atoms. The van der Waals surface area contributed by atoms with Crippen LogP contribution >= 0.6 is 15.9 Å². The topological polar surface area (TPSA) is 87.0 Å². The van der Waals surface area contributed by atoms with Gasteiger partial charge >= 0.3 is 5.91 Å². The van der Waals surface area contributed by atoms with Gasteiger partial charge in [0, 0.05) is 9.86 Å². The number of hydrogen-bond acceptors (Lipinski definition) is 4. The maximum absolute atomic E-state index is 12.2. The number of rotatable bonds is 4. The number of aromatic amines is 1. The zero-order valence-corrected chi connectivity index (χ0v) is 16.2. The number of carbonyl (C=O) groups is 1. The van der Waals surface area contributed by atoms with Gasteiger partial charge in [-0.1, -0.05) is 22.0 Å². The third-order valence-corrected chi connectivity index (χ3v) is 4.59. The van der Waals surface area contributed by atoms with E-state index >= 15 is 0 Å². The van der Waals surface area contributed by atoms with E-state index < -0.39 is 12.0 Å². The molecule has 1 heterocycles. The number of aromatic hydroxyl groups is 1. The summed E-state index contributed by atoms with van der Waals surface area (Å²) in [4.78, 5) is 15.0. The molecule has 2 aromatic carbocycles. The Bertz CT molecular complexity index is 1010. The first-order valence-electron chi connectivity index (χ1n) is 8.05. The predicted octanol–water partition coefficient (Wildman–Crippen LogP) is 5.33. The molecule has 2 N–H and O–H groups in total. The maximum atomic E-state index is 12.2. The number of ether oxygens (including phenoxy) is 1. The number of azo groups is 1. The quantitative estimate of drug-likeness (QED) is 0.564. The predicted molar refractivity (Wildman–Crippen MR) is 103 cm³/mol. The van der Waals surface area contributed by atoms with Gasteiger partial charge in [-0.15, -0.1) is 10.2 Å². The van der Waals surface area contributed by atoms with E-state index in [0.29, 0.717) is 16.7 Å². The lowest BCUT2D eigenvalue weighted by atomic mass is 10.1. The van der Waals surface area contributed by atoms with Gasteiger partial charge in [-0.05, 0) is 62.2 Å². The fraction of sp³-hybridized carbons (Fsp3) is 0.211. The molecule has 26 heavy (non-hydrogen) atoms. The summed E-state index contributed by atoms with van der Waals surface area (Å²) in [6.07, 6.45) is -0.792. The summed E-state index contributed by atoms with van der Waals surface area (Å²) >= 11 is 3.37. The Morgan fingerprint density at radius 2 is 1.96 bits per heavy atom. The molecule has 3 aromatic rings. The SMILES string of the molecule is Cc1ccc(OC(C)C(=O)N=Nc2c(O)[nH]c3ccc(Br)cc23)cc1C. The Kier molecular flexibility index (Phi) is 5.08. The van der Waals surface area contributed by atoms with E-state index in [2.05, 4.69) is 31.1 Å². The van der Waals surface area contributed by atoms with E-state index in [1.54, 1.807) is 19.1 Å². The largest absolute Gasteiger partial charge is 0.493 e. The summed E-state index contributed by atoms with van der Waals surface area (Å²) in [6.45, 7) is 5.60. The van der Waals surface area contributed by atoms with Gasteiger partial charge in [0.1, 0.15) is 5.75 Å². The number of aromatic nitrogens is 1. The summed E-state index contributed by atoms with van der Waals surface area (Å²) in [6, 6.07) is 11.0. The van der Waals surface area contributed by atoms with Crippen LogP contribution in [0.4, 0.5) is 5.69 Å². The van der Waals surface area contributed by atoms with Crippen LogP contribution in [0, 0.1) is 13.8 Å². The minimum absolute atomic E-state index is 0.141. The summed E-state index contributed by atoms with van der Waals surface area (Å²) in [5.74, 6) is -0.0765. The molecule has 0 saturated carbocycles. The first-order valence-corrected chi connectivity index (χ1v) is 8.84. The van der Waals surface area contributed by atoms with Crippen LogP contribution in [0.1, 0.15) is 18.1 Å². The zero-order chi connectivity index (χ0) is 18.8. The van der Waals surface area contributed by atoms with E-state index in [-0.39, 0.29) is 11.6 Å². The van der Waals surface area contributed by atoms with Crippen LogP contribution in [0.5, 0.6) is 11.6 Å². The normalized spacial score (nSPS) is 12.6. The van der Waals surface area contributed by atoms with Crippen molar-refractivity contribution in [1.82, 2.24) is 4.98 Å². The summed E-state index contributed by atoms with van der Waals surface area (Å²) in [5, 5.41) is 18.3. The molecule has 6 nitrogen and oxygen atoms in total. The Hall–Kier alpha value is -2.67. The highest BCUT2D eigenvalue weighted by atomic mass is 79.9. The monoisotopic (exact) mass is 415 g/mol. The van der Waals surface area contributed by atoms with E-state index in [9.17, 15) is 9.90 Å². The Morgan fingerprint density at radius 1 is 1.19 bits per heavy atom. The second-order valence-corrected chi connectivity index (χ2v) is 6.97. The molecule has 1 amide bonds. The van der Waals surface area contributed by atoms with Crippen molar-refractivity contribution in [2.24, 2.45) is 10.2 Å². The fourth-order valence-corrected chi connectivity index (χ4v) is 2.82. The molecule has 0 saturated heterocycles. The van der Waals surface area contributed by atoms with Gasteiger partial charge < -0.3 is 14.8 Å². The van der Waals surface area contributed by atoms with Crippen molar-refractivity contribution >= 4 is 38.4 Å². The number of nitrogens with zero attached hydrogens (tertiary/aromatic N) is 2. The number of carbonyl (C=O) groups excluding carboxylic acids is 1. The van der Waals surface area contributed by atoms with Gasteiger partial charge in [-0.2, -0.15) is 0 Å². The molecule has 1 unspecified atom stereocenters. The van der Waals surface area contributed by atoms with Crippen LogP contribution < -0.4 is 4.74 Å². The van der Waals surface area contributed by atoms with Crippen LogP contribution in [0.2, 0.25) is 0 Å². The van der Waals surface area contributed by atoms with E-state index in [1.165, 1.54) is 0 Å². The molecule has 3 rings (SSSR count). The molecular formula is C19H18BrN3O3. The van der Waals surface area contributed by atoms with Crippen LogP contribution in [-0.2, 0) is 4.79 Å². The van der Waals surface area contributed by atoms with Crippen LogP contribution in [0.3, 0.4) is 0 Å². The lowest BCUT2D eigenvalue weighted by Gasteiger charge is -2.12. The molecule has 0 radical (unpaired) electrons.